The molecule has 0 radical (unpaired) electrons. The second-order valence-corrected chi connectivity index (χ2v) is 6.25. The topological polar surface area (TPSA) is 104 Å². The Hall–Kier alpha value is -2.70. The first-order valence-electron chi connectivity index (χ1n) is 7.45. The fourth-order valence-electron chi connectivity index (χ4n) is 3.29. The molecule has 0 fully saturated rings. The van der Waals surface area contributed by atoms with E-state index in [-0.39, 0.29) is 17.5 Å². The van der Waals surface area contributed by atoms with Gasteiger partial charge in [0.15, 0.2) is 5.78 Å². The second kappa shape index (κ2) is 6.31. The van der Waals surface area contributed by atoms with Crippen molar-refractivity contribution in [1.29, 1.82) is 0 Å². The molecule has 0 aromatic heterocycles. The molecule has 1 aliphatic carbocycles. The van der Waals surface area contributed by atoms with Crippen LogP contribution in [0.1, 0.15) is 28.4 Å². The molecule has 3 N–H and O–H groups in total. The number of benzene rings is 2. The van der Waals surface area contributed by atoms with Gasteiger partial charge in [0.05, 0.1) is 6.42 Å². The first kappa shape index (κ1) is 17.1. The van der Waals surface area contributed by atoms with Crippen LogP contribution in [0.4, 0.5) is 0 Å². The van der Waals surface area contributed by atoms with E-state index in [1.807, 2.05) is 0 Å². The summed E-state index contributed by atoms with van der Waals surface area (Å²) < 4.78 is 0. The van der Waals surface area contributed by atoms with E-state index >= 15 is 0 Å². The maximum atomic E-state index is 12.8. The molecule has 3 rings (SSSR count). The molecular weight excluding hydrogens is 346 g/mol. The molecule has 7 heteroatoms. The van der Waals surface area contributed by atoms with Gasteiger partial charge in [0.25, 0.3) is 0 Å². The van der Waals surface area contributed by atoms with E-state index in [0.29, 0.717) is 16.1 Å². The molecule has 25 heavy (non-hydrogen) atoms. The zero-order valence-corrected chi connectivity index (χ0v) is 13.7. The molecule has 2 atom stereocenters. The van der Waals surface area contributed by atoms with Crippen molar-refractivity contribution in [2.75, 3.05) is 0 Å². The number of aliphatic carboxylic acids is 1. The average Bonchev–Trinajstić information content (AvgIpc) is 2.77. The van der Waals surface area contributed by atoms with Crippen LogP contribution in [0.25, 0.3) is 11.1 Å². The molecule has 0 aliphatic heterocycles. The number of carboxylic acids is 1. The number of carbonyl (C=O) groups excluding carboxylic acids is 2. The highest BCUT2D eigenvalue weighted by Crippen LogP contribution is 2.45. The molecule has 128 valence electrons. The van der Waals surface area contributed by atoms with Crippen LogP contribution in [0, 0.1) is 0 Å². The Balaban J connectivity index is 2.21. The lowest BCUT2D eigenvalue weighted by atomic mass is 9.87. The number of carbonyl (C=O) groups is 3. The van der Waals surface area contributed by atoms with E-state index in [1.165, 1.54) is 6.07 Å². The minimum absolute atomic E-state index is 0.181. The minimum atomic E-state index is -1.93. The van der Waals surface area contributed by atoms with Gasteiger partial charge in [-0.2, -0.15) is 0 Å². The molecule has 0 saturated carbocycles. The van der Waals surface area contributed by atoms with Crippen molar-refractivity contribution in [2.45, 2.75) is 18.1 Å². The molecule has 2 aromatic carbocycles. The molecular formula is C18H14ClNO5. The van der Waals surface area contributed by atoms with E-state index in [1.54, 1.807) is 36.4 Å². The Bertz CT molecular complexity index is 882. The number of halogens is 1. The number of carboxylic acid groups (broad SMARTS) is 1. The van der Waals surface area contributed by atoms with Gasteiger partial charge in [-0.05, 0) is 23.3 Å². The maximum Gasteiger partial charge on any atom is 0.306 e. The van der Waals surface area contributed by atoms with Crippen molar-refractivity contribution in [3.05, 3.63) is 58.6 Å². The van der Waals surface area contributed by atoms with Gasteiger partial charge in [-0.15, -0.1) is 0 Å². The Morgan fingerprint density at radius 3 is 2.56 bits per heavy atom. The molecule has 2 aromatic rings. The van der Waals surface area contributed by atoms with Gasteiger partial charge in [-0.25, -0.2) is 0 Å². The van der Waals surface area contributed by atoms with Gasteiger partial charge in [-0.1, -0.05) is 41.9 Å². The molecule has 0 heterocycles. The number of aliphatic hydroxyl groups is 1. The Morgan fingerprint density at radius 2 is 1.92 bits per heavy atom. The predicted molar refractivity (Wildman–Crippen MR) is 90.4 cm³/mol. The van der Waals surface area contributed by atoms with Crippen LogP contribution in [0.15, 0.2) is 42.5 Å². The van der Waals surface area contributed by atoms with Gasteiger partial charge in [0.2, 0.25) is 6.41 Å². The molecule has 0 saturated heterocycles. The smallest absolute Gasteiger partial charge is 0.306 e. The van der Waals surface area contributed by atoms with E-state index < -0.39 is 29.8 Å². The van der Waals surface area contributed by atoms with Crippen LogP contribution in [-0.2, 0) is 9.59 Å². The number of nitrogens with one attached hydrogen (secondary N) is 1. The molecule has 0 spiro atoms. The summed E-state index contributed by atoms with van der Waals surface area (Å²) in [6, 6.07) is 11.7. The zero-order valence-electron chi connectivity index (χ0n) is 12.9. The summed E-state index contributed by atoms with van der Waals surface area (Å²) in [6.07, 6.45) is -1.99. The third kappa shape index (κ3) is 2.69. The zero-order chi connectivity index (χ0) is 18.2. The van der Waals surface area contributed by atoms with Gasteiger partial charge < -0.3 is 15.5 Å². The Kier molecular flexibility index (Phi) is 4.32. The monoisotopic (exact) mass is 359 g/mol. The highest BCUT2D eigenvalue weighted by atomic mass is 35.5. The van der Waals surface area contributed by atoms with E-state index in [4.69, 9.17) is 16.7 Å². The summed E-state index contributed by atoms with van der Waals surface area (Å²) in [5, 5.41) is 22.7. The fraction of sp³-hybridized carbons (Fsp3) is 0.167. The summed E-state index contributed by atoms with van der Waals surface area (Å²) in [5.41, 5.74) is -0.231. The predicted octanol–water partition coefficient (Wildman–Crippen LogP) is 2.20. The largest absolute Gasteiger partial charge is 0.481 e. The quantitative estimate of drug-likeness (QED) is 0.710. The van der Waals surface area contributed by atoms with Gasteiger partial charge >= 0.3 is 5.97 Å². The maximum absolute atomic E-state index is 12.8. The van der Waals surface area contributed by atoms with Crippen molar-refractivity contribution < 1.29 is 24.6 Å². The molecule has 1 amide bonds. The summed E-state index contributed by atoms with van der Waals surface area (Å²) in [7, 11) is 0. The summed E-state index contributed by atoms with van der Waals surface area (Å²) in [4.78, 5) is 35.1. The summed E-state index contributed by atoms with van der Waals surface area (Å²) >= 11 is 6.02. The number of hydrogen-bond donors (Lipinski definition) is 3. The molecule has 2 unspecified atom stereocenters. The lowest BCUT2D eigenvalue weighted by Gasteiger charge is -2.29. The van der Waals surface area contributed by atoms with Crippen LogP contribution in [0.3, 0.4) is 0 Å². The van der Waals surface area contributed by atoms with E-state index in [0.717, 1.165) is 0 Å². The van der Waals surface area contributed by atoms with Crippen molar-refractivity contribution in [2.24, 2.45) is 0 Å². The highest BCUT2D eigenvalue weighted by molar-refractivity contribution is 6.30. The summed E-state index contributed by atoms with van der Waals surface area (Å²) in [5.74, 6) is -1.94. The molecule has 1 aliphatic rings. The SMILES string of the molecule is O=CNC1(CC(=O)O)C(=O)c2cccc(-c3cccc(Cl)c3)c2C1O. The first-order valence-corrected chi connectivity index (χ1v) is 7.83. The third-order valence-electron chi connectivity index (χ3n) is 4.38. The number of amides is 1. The van der Waals surface area contributed by atoms with Crippen LogP contribution in [-0.4, -0.2) is 33.9 Å². The normalized spacial score (nSPS) is 21.7. The second-order valence-electron chi connectivity index (χ2n) is 5.81. The number of hydrogen-bond acceptors (Lipinski definition) is 4. The minimum Gasteiger partial charge on any atom is -0.481 e. The first-order chi connectivity index (χ1) is 11.9. The van der Waals surface area contributed by atoms with Gasteiger partial charge in [-0.3, -0.25) is 14.4 Å². The summed E-state index contributed by atoms with van der Waals surface area (Å²) in [6.45, 7) is 0. The number of fused-ring (bicyclic) bond motifs is 1. The van der Waals surface area contributed by atoms with E-state index in [2.05, 4.69) is 5.32 Å². The number of ketones is 1. The Morgan fingerprint density at radius 1 is 1.24 bits per heavy atom. The number of rotatable bonds is 5. The van der Waals surface area contributed by atoms with Crippen LogP contribution in [0.5, 0.6) is 0 Å². The number of Topliss-reactive ketones (excluding diaryl/α,β-unsaturated/α-hetero) is 1. The van der Waals surface area contributed by atoms with Crippen LogP contribution >= 0.6 is 11.6 Å². The standard InChI is InChI=1S/C18H14ClNO5/c19-11-4-1-3-10(7-11)12-5-2-6-13-15(12)17(25)18(16(13)24,20-9-21)8-14(22)23/h1-7,9,17,25H,8H2,(H,20,21)(H,22,23). The molecule has 6 nitrogen and oxygen atoms in total. The van der Waals surface area contributed by atoms with Crippen molar-refractivity contribution >= 4 is 29.8 Å². The van der Waals surface area contributed by atoms with Crippen LogP contribution in [0.2, 0.25) is 5.02 Å². The van der Waals surface area contributed by atoms with E-state index in [9.17, 15) is 19.5 Å². The van der Waals surface area contributed by atoms with Gasteiger partial charge in [0.1, 0.15) is 11.6 Å². The van der Waals surface area contributed by atoms with Crippen molar-refractivity contribution in [1.82, 2.24) is 5.32 Å². The highest BCUT2D eigenvalue weighted by Gasteiger charge is 2.54. The lowest BCUT2D eigenvalue weighted by molar-refractivity contribution is -0.139. The van der Waals surface area contributed by atoms with Crippen molar-refractivity contribution in [3.8, 4) is 11.1 Å². The van der Waals surface area contributed by atoms with Gasteiger partial charge in [0, 0.05) is 16.1 Å². The van der Waals surface area contributed by atoms with Crippen molar-refractivity contribution in [3.63, 3.8) is 0 Å². The third-order valence-corrected chi connectivity index (χ3v) is 4.61. The number of aliphatic hydroxyl groups excluding tert-OH is 1. The Labute approximate surface area is 148 Å². The average molecular weight is 360 g/mol. The fourth-order valence-corrected chi connectivity index (χ4v) is 3.48. The lowest BCUT2D eigenvalue weighted by Crippen LogP contribution is -2.53. The molecule has 0 bridgehead atoms. The van der Waals surface area contributed by atoms with Crippen LogP contribution < -0.4 is 5.32 Å².